The molecule has 1 amide bonds. The Hall–Kier alpha value is -3.15. The van der Waals surface area contributed by atoms with E-state index in [-0.39, 0.29) is 12.3 Å². The average Bonchev–Trinajstić information content (AvgIpc) is 3.02. The molecule has 2 N–H and O–H groups in total. The summed E-state index contributed by atoms with van der Waals surface area (Å²) in [7, 11) is 1.31. The molecule has 0 bridgehead atoms. The summed E-state index contributed by atoms with van der Waals surface area (Å²) in [6.45, 7) is 0. The second-order valence-corrected chi connectivity index (χ2v) is 5.02. The molecule has 0 radical (unpaired) electrons. The zero-order chi connectivity index (χ0) is 16.2. The van der Waals surface area contributed by atoms with Crippen molar-refractivity contribution in [2.24, 2.45) is 0 Å². The number of para-hydroxylation sites is 1. The molecule has 6 nitrogen and oxygen atoms in total. The maximum Gasteiger partial charge on any atom is 0.339 e. The highest BCUT2D eigenvalue weighted by molar-refractivity contribution is 6.01. The van der Waals surface area contributed by atoms with Crippen LogP contribution in [0.2, 0.25) is 0 Å². The number of methoxy groups -OCH3 is 1. The number of esters is 1. The summed E-state index contributed by atoms with van der Waals surface area (Å²) in [5, 5.41) is 2.75. The van der Waals surface area contributed by atoms with Crippen LogP contribution in [0, 0.1) is 0 Å². The van der Waals surface area contributed by atoms with Gasteiger partial charge in [0.15, 0.2) is 0 Å². The van der Waals surface area contributed by atoms with Gasteiger partial charge in [0.1, 0.15) is 0 Å². The first-order chi connectivity index (χ1) is 11.2. The number of H-pyrrole nitrogens is 1. The molecule has 0 aliphatic rings. The zero-order valence-electron chi connectivity index (χ0n) is 12.5. The van der Waals surface area contributed by atoms with Crippen LogP contribution in [0.4, 0.5) is 5.69 Å². The Morgan fingerprint density at radius 1 is 1.22 bits per heavy atom. The van der Waals surface area contributed by atoms with Crippen molar-refractivity contribution in [3.8, 4) is 0 Å². The summed E-state index contributed by atoms with van der Waals surface area (Å²) in [6.07, 6.45) is 1.81. The van der Waals surface area contributed by atoms with Crippen molar-refractivity contribution in [1.29, 1.82) is 0 Å². The van der Waals surface area contributed by atoms with E-state index in [1.807, 2.05) is 18.2 Å². The van der Waals surface area contributed by atoms with Gasteiger partial charge in [0, 0.05) is 0 Å². The summed E-state index contributed by atoms with van der Waals surface area (Å²) in [5.74, 6) is -0.694. The Morgan fingerprint density at radius 3 is 2.87 bits per heavy atom. The van der Waals surface area contributed by atoms with Crippen molar-refractivity contribution in [3.63, 3.8) is 0 Å². The van der Waals surface area contributed by atoms with Crippen LogP contribution in [0.25, 0.3) is 11.0 Å². The standard InChI is InChI=1S/C17H15N3O3/c1-23-17(22)12-4-2-3-5-13(12)20-16(21)9-11-6-7-14-15(8-11)19-10-18-14/h2-8,10H,9H2,1H3,(H,18,19)(H,20,21). The van der Waals surface area contributed by atoms with Crippen molar-refractivity contribution in [3.05, 3.63) is 59.9 Å². The number of aromatic amines is 1. The third-order valence-corrected chi connectivity index (χ3v) is 3.46. The van der Waals surface area contributed by atoms with Crippen molar-refractivity contribution in [2.75, 3.05) is 12.4 Å². The molecule has 23 heavy (non-hydrogen) atoms. The van der Waals surface area contributed by atoms with E-state index in [4.69, 9.17) is 4.74 Å². The topological polar surface area (TPSA) is 84.1 Å². The van der Waals surface area contributed by atoms with E-state index in [1.54, 1.807) is 30.6 Å². The van der Waals surface area contributed by atoms with Gasteiger partial charge in [0.25, 0.3) is 0 Å². The quantitative estimate of drug-likeness (QED) is 0.725. The first kappa shape index (κ1) is 14.8. The normalized spacial score (nSPS) is 10.5. The van der Waals surface area contributed by atoms with E-state index >= 15 is 0 Å². The molecule has 116 valence electrons. The van der Waals surface area contributed by atoms with Gasteiger partial charge in [-0.05, 0) is 29.8 Å². The number of ether oxygens (including phenoxy) is 1. The fourth-order valence-corrected chi connectivity index (χ4v) is 2.35. The van der Waals surface area contributed by atoms with Gasteiger partial charge in [-0.25, -0.2) is 9.78 Å². The van der Waals surface area contributed by atoms with Gasteiger partial charge in [-0.3, -0.25) is 4.79 Å². The fourth-order valence-electron chi connectivity index (χ4n) is 2.35. The number of imidazole rings is 1. The summed E-state index contributed by atoms with van der Waals surface area (Å²) >= 11 is 0. The lowest BCUT2D eigenvalue weighted by molar-refractivity contribution is -0.115. The molecule has 6 heteroatoms. The number of nitrogens with zero attached hydrogens (tertiary/aromatic N) is 1. The number of aromatic nitrogens is 2. The summed E-state index contributed by atoms with van der Waals surface area (Å²) in [4.78, 5) is 31.1. The summed E-state index contributed by atoms with van der Waals surface area (Å²) in [6, 6.07) is 12.3. The highest BCUT2D eigenvalue weighted by Crippen LogP contribution is 2.17. The number of carbonyl (C=O) groups excluding carboxylic acids is 2. The van der Waals surface area contributed by atoms with Gasteiger partial charge in [0.2, 0.25) is 5.91 Å². The lowest BCUT2D eigenvalue weighted by atomic mass is 10.1. The van der Waals surface area contributed by atoms with Gasteiger partial charge in [-0.2, -0.15) is 0 Å². The van der Waals surface area contributed by atoms with Crippen molar-refractivity contribution in [1.82, 2.24) is 9.97 Å². The minimum Gasteiger partial charge on any atom is -0.465 e. The number of hydrogen-bond donors (Lipinski definition) is 2. The summed E-state index contributed by atoms with van der Waals surface area (Å²) < 4.78 is 4.71. The average molecular weight is 309 g/mol. The molecule has 1 heterocycles. The highest BCUT2D eigenvalue weighted by Gasteiger charge is 2.13. The van der Waals surface area contributed by atoms with E-state index in [1.165, 1.54) is 7.11 Å². The minimum absolute atomic E-state index is 0.199. The number of carbonyl (C=O) groups is 2. The molecule has 0 atom stereocenters. The van der Waals surface area contributed by atoms with E-state index in [0.29, 0.717) is 11.3 Å². The van der Waals surface area contributed by atoms with Gasteiger partial charge >= 0.3 is 5.97 Å². The predicted molar refractivity (Wildman–Crippen MR) is 86.2 cm³/mol. The van der Waals surface area contributed by atoms with Crippen LogP contribution < -0.4 is 5.32 Å². The van der Waals surface area contributed by atoms with Crippen LogP contribution >= 0.6 is 0 Å². The maximum atomic E-state index is 12.2. The molecule has 2 aromatic carbocycles. The Balaban J connectivity index is 1.75. The fraction of sp³-hybridized carbons (Fsp3) is 0.118. The van der Waals surface area contributed by atoms with Crippen LogP contribution in [0.5, 0.6) is 0 Å². The monoisotopic (exact) mass is 309 g/mol. The van der Waals surface area contributed by atoms with Gasteiger partial charge in [-0.1, -0.05) is 18.2 Å². The SMILES string of the molecule is COC(=O)c1ccccc1NC(=O)Cc1ccc2nc[nH]c2c1. The van der Waals surface area contributed by atoms with Crippen LogP contribution in [0.1, 0.15) is 15.9 Å². The van der Waals surface area contributed by atoms with E-state index < -0.39 is 5.97 Å². The second kappa shape index (κ2) is 6.31. The third kappa shape index (κ3) is 3.21. The Bertz CT molecular complexity index is 870. The molecule has 0 aliphatic carbocycles. The molecule has 3 aromatic rings. The maximum absolute atomic E-state index is 12.2. The highest BCUT2D eigenvalue weighted by atomic mass is 16.5. The van der Waals surface area contributed by atoms with Crippen LogP contribution in [0.3, 0.4) is 0 Å². The molecule has 0 aliphatic heterocycles. The Labute approximate surface area is 132 Å². The van der Waals surface area contributed by atoms with Crippen molar-refractivity contribution >= 4 is 28.6 Å². The van der Waals surface area contributed by atoms with E-state index in [0.717, 1.165) is 16.6 Å². The molecule has 0 saturated carbocycles. The lowest BCUT2D eigenvalue weighted by Crippen LogP contribution is -2.17. The number of nitrogens with one attached hydrogen (secondary N) is 2. The summed E-state index contributed by atoms with van der Waals surface area (Å²) in [5.41, 5.74) is 3.35. The number of amides is 1. The molecule has 0 unspecified atom stereocenters. The molecular weight excluding hydrogens is 294 g/mol. The molecule has 1 aromatic heterocycles. The second-order valence-electron chi connectivity index (χ2n) is 5.02. The zero-order valence-corrected chi connectivity index (χ0v) is 12.5. The van der Waals surface area contributed by atoms with Crippen LogP contribution in [-0.2, 0) is 16.0 Å². The molecule has 0 spiro atoms. The van der Waals surface area contributed by atoms with Crippen LogP contribution in [-0.4, -0.2) is 29.0 Å². The van der Waals surface area contributed by atoms with Gasteiger partial charge < -0.3 is 15.0 Å². The number of fused-ring (bicyclic) bond motifs is 1. The smallest absolute Gasteiger partial charge is 0.339 e. The molecule has 3 rings (SSSR count). The van der Waals surface area contributed by atoms with E-state index in [9.17, 15) is 9.59 Å². The molecule has 0 saturated heterocycles. The van der Waals surface area contributed by atoms with Crippen LogP contribution in [0.15, 0.2) is 48.8 Å². The third-order valence-electron chi connectivity index (χ3n) is 3.46. The first-order valence-corrected chi connectivity index (χ1v) is 7.06. The number of hydrogen-bond acceptors (Lipinski definition) is 4. The Kier molecular flexibility index (Phi) is 4.05. The Morgan fingerprint density at radius 2 is 2.04 bits per heavy atom. The first-order valence-electron chi connectivity index (χ1n) is 7.06. The van der Waals surface area contributed by atoms with E-state index in [2.05, 4.69) is 15.3 Å². The molecule has 0 fully saturated rings. The largest absolute Gasteiger partial charge is 0.465 e. The lowest BCUT2D eigenvalue weighted by Gasteiger charge is -2.09. The van der Waals surface area contributed by atoms with Crippen molar-refractivity contribution < 1.29 is 14.3 Å². The van der Waals surface area contributed by atoms with Gasteiger partial charge in [-0.15, -0.1) is 0 Å². The van der Waals surface area contributed by atoms with Gasteiger partial charge in [0.05, 0.1) is 42.1 Å². The number of benzene rings is 2. The number of anilines is 1. The molecular formula is C17H15N3O3. The van der Waals surface area contributed by atoms with Crippen molar-refractivity contribution in [2.45, 2.75) is 6.42 Å². The number of rotatable bonds is 4. The minimum atomic E-state index is -0.486. The predicted octanol–water partition coefficient (Wildman–Crippen LogP) is 2.53.